The molecule has 2 saturated heterocycles. The second-order valence-corrected chi connectivity index (χ2v) is 6.34. The van der Waals surface area contributed by atoms with Crippen LogP contribution in [-0.4, -0.2) is 75.9 Å². The Kier molecular flexibility index (Phi) is 4.10. The molecule has 4 N–H and O–H groups in total. The van der Waals surface area contributed by atoms with Gasteiger partial charge in [-0.3, -0.25) is 19.2 Å². The van der Waals surface area contributed by atoms with Gasteiger partial charge in [0.15, 0.2) is 0 Å². The number of aliphatic hydroxyl groups excluding tert-OH is 1. The number of β-lactam (4-membered cyclic amide) rings is 1. The molecule has 2 aliphatic rings. The number of aliphatic hydroxyl groups is 1. The zero-order chi connectivity index (χ0) is 17.7. The summed E-state index contributed by atoms with van der Waals surface area (Å²) in [4.78, 5) is 50.3. The van der Waals surface area contributed by atoms with Gasteiger partial charge in [0.05, 0.1) is 12.6 Å². The molecule has 2 heterocycles. The predicted molar refractivity (Wildman–Crippen MR) is 78.6 cm³/mol. The number of nitrogens with one attached hydrogen (secondary N) is 1. The fraction of sp³-hybridized carbons (Fsp3) is 0.714. The van der Waals surface area contributed by atoms with Gasteiger partial charge in [0.1, 0.15) is 17.6 Å². The minimum absolute atomic E-state index is 0.0689. The van der Waals surface area contributed by atoms with E-state index in [0.29, 0.717) is 0 Å². The first-order valence-corrected chi connectivity index (χ1v) is 7.38. The Labute approximate surface area is 133 Å². The van der Waals surface area contributed by atoms with Gasteiger partial charge in [0.2, 0.25) is 17.7 Å². The minimum Gasteiger partial charge on any atom is -0.391 e. The highest BCUT2D eigenvalue weighted by Gasteiger charge is 2.66. The number of likely N-dealkylation sites (tertiary alicyclic amines) is 1. The van der Waals surface area contributed by atoms with Crippen molar-refractivity contribution in [2.24, 2.45) is 11.7 Å². The van der Waals surface area contributed by atoms with E-state index >= 15 is 0 Å². The Morgan fingerprint density at radius 3 is 2.43 bits per heavy atom. The molecule has 23 heavy (non-hydrogen) atoms. The lowest BCUT2D eigenvalue weighted by Gasteiger charge is -2.52. The van der Waals surface area contributed by atoms with E-state index in [9.17, 15) is 24.3 Å². The Balaban J connectivity index is 2.24. The lowest BCUT2D eigenvalue weighted by molar-refractivity contribution is -0.167. The van der Waals surface area contributed by atoms with Crippen LogP contribution in [0, 0.1) is 5.92 Å². The first kappa shape index (κ1) is 17.2. The van der Waals surface area contributed by atoms with Gasteiger partial charge in [-0.15, -0.1) is 0 Å². The van der Waals surface area contributed by atoms with Crippen molar-refractivity contribution in [3.63, 3.8) is 0 Å². The SMILES string of the molecule is CC(=O)N(C)C1C(=O)NC2(CN([C@H](C(N)=O)[C@@H](C)O)C2=O)C1C. The van der Waals surface area contributed by atoms with Crippen LogP contribution in [0.1, 0.15) is 20.8 Å². The number of carbonyl (C=O) groups is 4. The lowest BCUT2D eigenvalue weighted by atomic mass is 9.76. The van der Waals surface area contributed by atoms with Gasteiger partial charge >= 0.3 is 0 Å². The van der Waals surface area contributed by atoms with Crippen molar-refractivity contribution < 1.29 is 24.3 Å². The van der Waals surface area contributed by atoms with Crippen molar-refractivity contribution in [1.82, 2.24) is 15.1 Å². The molecule has 0 aromatic heterocycles. The average Bonchev–Trinajstić information content (AvgIpc) is 2.69. The quantitative estimate of drug-likeness (QED) is 0.488. The van der Waals surface area contributed by atoms with Crippen LogP contribution < -0.4 is 11.1 Å². The standard InChI is InChI=1S/C14H22N4O5/c1-6-9(17(4)8(3)20)12(22)16-14(6)5-18(13(14)23)10(7(2)19)11(15)21/h6-7,9-10,19H,5H2,1-4H3,(H2,15,21)(H,16,22)/t6?,7-,9?,10+,14?/m1/s1. The largest absolute Gasteiger partial charge is 0.391 e. The average molecular weight is 326 g/mol. The summed E-state index contributed by atoms with van der Waals surface area (Å²) in [7, 11) is 1.50. The molecule has 128 valence electrons. The topological polar surface area (TPSA) is 133 Å². The first-order valence-electron chi connectivity index (χ1n) is 7.38. The number of nitrogens with zero attached hydrogens (tertiary/aromatic N) is 2. The van der Waals surface area contributed by atoms with Crippen LogP contribution in [0.5, 0.6) is 0 Å². The third-order valence-corrected chi connectivity index (χ3v) is 4.93. The summed E-state index contributed by atoms with van der Waals surface area (Å²) >= 11 is 0. The molecule has 2 aliphatic heterocycles. The van der Waals surface area contributed by atoms with Crippen molar-refractivity contribution in [1.29, 1.82) is 0 Å². The van der Waals surface area contributed by atoms with Crippen LogP contribution >= 0.6 is 0 Å². The molecular formula is C14H22N4O5. The molecule has 0 saturated carbocycles. The Hall–Kier alpha value is -2.16. The van der Waals surface area contributed by atoms with E-state index in [-0.39, 0.29) is 12.5 Å². The number of amides is 4. The molecule has 0 aliphatic carbocycles. The highest BCUT2D eigenvalue weighted by atomic mass is 16.3. The molecule has 3 unspecified atom stereocenters. The highest BCUT2D eigenvalue weighted by Crippen LogP contribution is 2.40. The second kappa shape index (κ2) is 5.48. The van der Waals surface area contributed by atoms with E-state index < -0.39 is 47.4 Å². The van der Waals surface area contributed by atoms with Crippen LogP contribution in [0.2, 0.25) is 0 Å². The summed E-state index contributed by atoms with van der Waals surface area (Å²) in [5.41, 5.74) is 4.08. The molecule has 0 aromatic rings. The number of rotatable bonds is 4. The number of nitrogens with two attached hydrogens (primary N) is 1. The summed E-state index contributed by atoms with van der Waals surface area (Å²) in [5, 5.41) is 12.3. The van der Waals surface area contributed by atoms with E-state index in [1.807, 2.05) is 0 Å². The summed E-state index contributed by atoms with van der Waals surface area (Å²) in [5.74, 6) is -2.43. The molecule has 2 fully saturated rings. The van der Waals surface area contributed by atoms with Crippen molar-refractivity contribution >= 4 is 23.6 Å². The van der Waals surface area contributed by atoms with Crippen molar-refractivity contribution in [2.45, 2.75) is 44.5 Å². The van der Waals surface area contributed by atoms with Crippen molar-refractivity contribution in [3.8, 4) is 0 Å². The molecule has 1 spiro atoms. The van der Waals surface area contributed by atoms with Crippen LogP contribution in [0.4, 0.5) is 0 Å². The first-order chi connectivity index (χ1) is 10.5. The molecule has 0 bridgehead atoms. The molecule has 4 amide bonds. The van der Waals surface area contributed by atoms with Gasteiger partial charge in [-0.1, -0.05) is 6.92 Å². The van der Waals surface area contributed by atoms with Gasteiger partial charge in [-0.25, -0.2) is 0 Å². The molecule has 5 atom stereocenters. The highest BCUT2D eigenvalue weighted by molar-refractivity contribution is 6.04. The molecule has 0 radical (unpaired) electrons. The van der Waals surface area contributed by atoms with Gasteiger partial charge in [0, 0.05) is 19.9 Å². The van der Waals surface area contributed by atoms with Gasteiger partial charge in [0.25, 0.3) is 5.91 Å². The van der Waals surface area contributed by atoms with Gasteiger partial charge in [-0.05, 0) is 6.92 Å². The Bertz CT molecular complexity index is 578. The summed E-state index contributed by atoms with van der Waals surface area (Å²) in [6.45, 7) is 4.49. The maximum Gasteiger partial charge on any atom is 0.251 e. The van der Waals surface area contributed by atoms with E-state index in [1.54, 1.807) is 6.92 Å². The van der Waals surface area contributed by atoms with Crippen molar-refractivity contribution in [2.75, 3.05) is 13.6 Å². The van der Waals surface area contributed by atoms with E-state index in [0.717, 1.165) is 0 Å². The maximum atomic E-state index is 12.6. The van der Waals surface area contributed by atoms with Crippen molar-refractivity contribution in [3.05, 3.63) is 0 Å². The monoisotopic (exact) mass is 326 g/mol. The van der Waals surface area contributed by atoms with Crippen LogP contribution in [-0.2, 0) is 19.2 Å². The van der Waals surface area contributed by atoms with Crippen LogP contribution in [0.25, 0.3) is 0 Å². The third kappa shape index (κ3) is 2.35. The normalized spacial score (nSPS) is 32.3. The van der Waals surface area contributed by atoms with Gasteiger partial charge in [-0.2, -0.15) is 0 Å². The number of likely N-dealkylation sites (N-methyl/N-ethyl adjacent to an activating group) is 1. The fourth-order valence-corrected chi connectivity index (χ4v) is 3.49. The molecule has 0 aromatic carbocycles. The molecule has 9 nitrogen and oxygen atoms in total. The van der Waals surface area contributed by atoms with Crippen LogP contribution in [0.3, 0.4) is 0 Å². The Morgan fingerprint density at radius 2 is 2.04 bits per heavy atom. The van der Waals surface area contributed by atoms with Crippen LogP contribution in [0.15, 0.2) is 0 Å². The molecule has 9 heteroatoms. The molecule has 2 rings (SSSR count). The maximum absolute atomic E-state index is 12.6. The minimum atomic E-state index is -1.16. The Morgan fingerprint density at radius 1 is 1.48 bits per heavy atom. The third-order valence-electron chi connectivity index (χ3n) is 4.93. The lowest BCUT2D eigenvalue weighted by Crippen LogP contribution is -2.78. The summed E-state index contributed by atoms with van der Waals surface area (Å²) in [6, 6.07) is -1.89. The number of hydrogen-bond donors (Lipinski definition) is 3. The number of carbonyl (C=O) groups excluding carboxylic acids is 4. The predicted octanol–water partition coefficient (Wildman–Crippen LogP) is -2.59. The number of hydrogen-bond acceptors (Lipinski definition) is 5. The zero-order valence-corrected chi connectivity index (χ0v) is 13.6. The summed E-state index contributed by atoms with van der Waals surface area (Å²) in [6.07, 6.45) is -1.11. The van der Waals surface area contributed by atoms with E-state index in [4.69, 9.17) is 5.73 Å². The fourth-order valence-electron chi connectivity index (χ4n) is 3.49. The van der Waals surface area contributed by atoms with E-state index in [1.165, 1.54) is 30.7 Å². The summed E-state index contributed by atoms with van der Waals surface area (Å²) < 4.78 is 0. The molecular weight excluding hydrogens is 304 g/mol. The second-order valence-electron chi connectivity index (χ2n) is 6.34. The van der Waals surface area contributed by atoms with Gasteiger partial charge < -0.3 is 26.0 Å². The zero-order valence-electron chi connectivity index (χ0n) is 13.6. The smallest absolute Gasteiger partial charge is 0.251 e. The van der Waals surface area contributed by atoms with E-state index in [2.05, 4.69) is 5.32 Å². The number of primary amides is 1.